The molecule has 0 fully saturated rings. The van der Waals surface area contributed by atoms with E-state index in [0.717, 1.165) is 73.5 Å². The second-order valence-corrected chi connectivity index (χ2v) is 13.0. The zero-order chi connectivity index (χ0) is 34.5. The summed E-state index contributed by atoms with van der Waals surface area (Å²) in [6.07, 6.45) is 6.07. The Balaban J connectivity index is 1.54. The fraction of sp³-hybridized carbons (Fsp3) is 0.462. The molecule has 0 aliphatic carbocycles. The largest absolute Gasteiger partial charge is 0.394 e. The van der Waals surface area contributed by atoms with Crippen molar-refractivity contribution in [2.24, 2.45) is 0 Å². The molecule has 0 saturated heterocycles. The summed E-state index contributed by atoms with van der Waals surface area (Å²) in [4.78, 5) is 32.8. The number of rotatable bonds is 13. The number of carbonyl (C=O) groups is 1. The van der Waals surface area contributed by atoms with Crippen LogP contribution in [0.2, 0.25) is 0 Å². The number of allylic oxidation sites excluding steroid dienone is 1. The van der Waals surface area contributed by atoms with Crippen LogP contribution in [0.4, 0.5) is 0 Å². The van der Waals surface area contributed by atoms with E-state index < -0.39 is 0 Å². The maximum Gasteiger partial charge on any atom is 0.222 e. The SMILES string of the molecule is C=Cc1c(C)c2cc3nc(c(C)c4nc(cc5[nH]c(cc1[nH]2)c(C)c5CC)C(C)=C4)[C@@H](CCC(=O)N(C)CCOCCOCCO)[C@@H]3C. The van der Waals surface area contributed by atoms with Crippen molar-refractivity contribution in [2.45, 2.75) is 72.6 Å². The number of carbonyl (C=O) groups excluding carboxylic acids is 1. The molecule has 48 heavy (non-hydrogen) atoms. The van der Waals surface area contributed by atoms with E-state index in [1.54, 1.807) is 4.90 Å². The van der Waals surface area contributed by atoms with Crippen LogP contribution in [-0.2, 0) is 20.7 Å². The van der Waals surface area contributed by atoms with E-state index >= 15 is 0 Å². The highest BCUT2D eigenvalue weighted by atomic mass is 16.5. The average molecular weight is 654 g/mol. The molecule has 3 N–H and O–H groups in total. The molecule has 0 radical (unpaired) electrons. The van der Waals surface area contributed by atoms with E-state index in [1.807, 2.05) is 13.1 Å². The number of H-pyrrole nitrogens is 2. The van der Waals surface area contributed by atoms with Crippen molar-refractivity contribution in [3.8, 4) is 0 Å². The number of aliphatic hydroxyl groups is 1. The first-order chi connectivity index (χ1) is 23.1. The second kappa shape index (κ2) is 15.4. The van der Waals surface area contributed by atoms with Gasteiger partial charge in [0.05, 0.1) is 44.4 Å². The minimum atomic E-state index is -0.00379. The van der Waals surface area contributed by atoms with Crippen LogP contribution in [0.3, 0.4) is 0 Å². The molecule has 0 unspecified atom stereocenters. The Hall–Kier alpha value is -4.05. The Labute approximate surface area is 284 Å². The lowest BCUT2D eigenvalue weighted by Crippen LogP contribution is -2.30. The van der Waals surface area contributed by atoms with Gasteiger partial charge in [-0.05, 0) is 92.6 Å². The van der Waals surface area contributed by atoms with E-state index in [2.05, 4.69) is 82.4 Å². The van der Waals surface area contributed by atoms with Gasteiger partial charge in [-0.25, -0.2) is 4.98 Å². The van der Waals surface area contributed by atoms with Crippen LogP contribution in [0.5, 0.6) is 0 Å². The number of aliphatic hydroxyl groups excluding tert-OH is 1. The molecule has 0 aromatic carbocycles. The van der Waals surface area contributed by atoms with Gasteiger partial charge in [-0.2, -0.15) is 0 Å². The number of aromatic amines is 2. The molecule has 5 rings (SSSR count). The molecule has 8 bridgehead atoms. The van der Waals surface area contributed by atoms with Gasteiger partial charge in [0.1, 0.15) is 0 Å². The third kappa shape index (κ3) is 7.33. The third-order valence-corrected chi connectivity index (χ3v) is 9.95. The number of hydrogen-bond acceptors (Lipinski definition) is 6. The van der Waals surface area contributed by atoms with Gasteiger partial charge in [0.2, 0.25) is 5.91 Å². The van der Waals surface area contributed by atoms with Crippen molar-refractivity contribution in [3.63, 3.8) is 0 Å². The summed E-state index contributed by atoms with van der Waals surface area (Å²) in [5, 5.41) is 8.81. The molecule has 256 valence electrons. The van der Waals surface area contributed by atoms with Crippen LogP contribution >= 0.6 is 0 Å². The van der Waals surface area contributed by atoms with Gasteiger partial charge >= 0.3 is 0 Å². The van der Waals surface area contributed by atoms with Gasteiger partial charge in [-0.3, -0.25) is 9.78 Å². The average Bonchev–Trinajstić information content (AvgIpc) is 3.77. The Bertz CT molecular complexity index is 1870. The molecule has 2 aliphatic heterocycles. The summed E-state index contributed by atoms with van der Waals surface area (Å²) in [5.74, 6) is 0.251. The first-order valence-electron chi connectivity index (χ1n) is 17.1. The molecule has 9 nitrogen and oxygen atoms in total. The molecule has 3 aromatic heterocycles. The van der Waals surface area contributed by atoms with Crippen molar-refractivity contribution < 1.29 is 19.4 Å². The minimum absolute atomic E-state index is 0.00379. The predicted octanol–water partition coefficient (Wildman–Crippen LogP) is 7.16. The van der Waals surface area contributed by atoms with Crippen LogP contribution in [0, 0.1) is 20.8 Å². The number of likely N-dealkylation sites (N-methyl/N-ethyl adjacent to an activating group) is 1. The summed E-state index contributed by atoms with van der Waals surface area (Å²) in [6.45, 7) is 19.2. The van der Waals surface area contributed by atoms with Gasteiger partial charge < -0.3 is 29.4 Å². The van der Waals surface area contributed by atoms with Gasteiger partial charge in [0, 0.05) is 70.9 Å². The first kappa shape index (κ1) is 35.3. The molecule has 2 aliphatic rings. The lowest BCUT2D eigenvalue weighted by molar-refractivity contribution is -0.130. The standard InChI is InChI=1S/C39H51N5O4/c1-9-28-25(5)34-22-37-29(10-2)24(4)33(41-37)21-35-26(6)30(11-12-38(46)44(8)13-15-47-17-18-48-16-14-45)39(43-35)27(7)32-19-23(3)31(40-32)20-36(28)42-34/h10,19-22,26,30,41-42,45H,2,9,11-18H2,1,3-8H3/t26-,30-/m0/s1. The van der Waals surface area contributed by atoms with Crippen LogP contribution in [0.15, 0.2) is 24.8 Å². The monoisotopic (exact) mass is 653 g/mol. The molecular formula is C39H51N5O4. The van der Waals surface area contributed by atoms with Gasteiger partial charge in [-0.15, -0.1) is 0 Å². The second-order valence-electron chi connectivity index (χ2n) is 13.0. The lowest BCUT2D eigenvalue weighted by atomic mass is 9.85. The van der Waals surface area contributed by atoms with Crippen molar-refractivity contribution in [1.29, 1.82) is 0 Å². The zero-order valence-corrected chi connectivity index (χ0v) is 29.6. The van der Waals surface area contributed by atoms with Crippen LogP contribution in [0.25, 0.3) is 39.8 Å². The van der Waals surface area contributed by atoms with Crippen molar-refractivity contribution in [2.75, 3.05) is 46.6 Å². The Morgan fingerprint density at radius 1 is 0.958 bits per heavy atom. The number of aryl methyl sites for hydroxylation is 3. The molecule has 9 heteroatoms. The Morgan fingerprint density at radius 2 is 1.67 bits per heavy atom. The van der Waals surface area contributed by atoms with E-state index in [9.17, 15) is 4.79 Å². The first-order valence-corrected chi connectivity index (χ1v) is 17.1. The summed E-state index contributed by atoms with van der Waals surface area (Å²) in [7, 11) is 1.82. The van der Waals surface area contributed by atoms with Crippen molar-refractivity contribution in [3.05, 3.63) is 75.4 Å². The molecule has 0 saturated carbocycles. The third-order valence-electron chi connectivity index (χ3n) is 9.95. The maximum absolute atomic E-state index is 13.3. The Morgan fingerprint density at radius 3 is 2.38 bits per heavy atom. The minimum Gasteiger partial charge on any atom is -0.394 e. The fourth-order valence-corrected chi connectivity index (χ4v) is 6.87. The number of nitrogens with zero attached hydrogens (tertiary/aromatic N) is 3. The van der Waals surface area contributed by atoms with Crippen molar-refractivity contribution >= 4 is 45.7 Å². The smallest absolute Gasteiger partial charge is 0.222 e. The lowest BCUT2D eigenvalue weighted by Gasteiger charge is -2.21. The van der Waals surface area contributed by atoms with Crippen LogP contribution in [-0.4, -0.2) is 82.5 Å². The number of fused-ring (bicyclic) bond motifs is 8. The summed E-state index contributed by atoms with van der Waals surface area (Å²) in [5.41, 5.74) is 14.9. The molecular weight excluding hydrogens is 602 g/mol. The van der Waals surface area contributed by atoms with Gasteiger partial charge in [0.15, 0.2) is 0 Å². The highest BCUT2D eigenvalue weighted by Crippen LogP contribution is 2.42. The molecule has 3 aromatic rings. The van der Waals surface area contributed by atoms with Gasteiger partial charge in [-0.1, -0.05) is 26.5 Å². The quantitative estimate of drug-likeness (QED) is 0.169. The van der Waals surface area contributed by atoms with E-state index in [1.165, 1.54) is 11.1 Å². The van der Waals surface area contributed by atoms with E-state index in [4.69, 9.17) is 24.5 Å². The number of amides is 1. The normalized spacial score (nSPS) is 15.9. The highest BCUT2D eigenvalue weighted by molar-refractivity contribution is 5.86. The fourth-order valence-electron chi connectivity index (χ4n) is 6.87. The number of aromatic nitrogens is 4. The molecule has 0 spiro atoms. The number of ether oxygens (including phenoxy) is 2. The number of nitrogens with one attached hydrogen (secondary N) is 2. The molecule has 1 amide bonds. The molecule has 5 heterocycles. The molecule has 2 atom stereocenters. The zero-order valence-electron chi connectivity index (χ0n) is 29.6. The van der Waals surface area contributed by atoms with Crippen LogP contribution in [0.1, 0.15) is 96.0 Å². The van der Waals surface area contributed by atoms with E-state index in [0.29, 0.717) is 45.8 Å². The summed E-state index contributed by atoms with van der Waals surface area (Å²) < 4.78 is 10.8. The summed E-state index contributed by atoms with van der Waals surface area (Å²) >= 11 is 0. The maximum atomic E-state index is 13.3. The number of hydrogen-bond donors (Lipinski definition) is 3. The topological polar surface area (TPSA) is 116 Å². The van der Waals surface area contributed by atoms with Crippen LogP contribution < -0.4 is 0 Å². The van der Waals surface area contributed by atoms with Gasteiger partial charge in [0.25, 0.3) is 0 Å². The van der Waals surface area contributed by atoms with Crippen molar-refractivity contribution in [1.82, 2.24) is 24.8 Å². The highest BCUT2D eigenvalue weighted by Gasteiger charge is 2.31. The summed E-state index contributed by atoms with van der Waals surface area (Å²) in [6, 6.07) is 6.53. The Kier molecular flexibility index (Phi) is 11.3. The predicted molar refractivity (Wildman–Crippen MR) is 195 cm³/mol. The van der Waals surface area contributed by atoms with E-state index in [-0.39, 0.29) is 24.3 Å².